The van der Waals surface area contributed by atoms with Crippen LogP contribution in [0.3, 0.4) is 0 Å². The van der Waals surface area contributed by atoms with Crippen molar-refractivity contribution in [2.75, 3.05) is 40.4 Å². The molecule has 150 valence electrons. The van der Waals surface area contributed by atoms with Gasteiger partial charge in [-0.2, -0.15) is 0 Å². The molecule has 1 amide bonds. The molecule has 1 heterocycles. The van der Waals surface area contributed by atoms with Crippen molar-refractivity contribution < 1.29 is 14.3 Å². The smallest absolute Gasteiger partial charge is 0.233 e. The lowest BCUT2D eigenvalue weighted by atomic mass is 9.73. The molecular weight excluding hydrogens is 352 g/mol. The van der Waals surface area contributed by atoms with Crippen LogP contribution >= 0.6 is 0 Å². The number of benzene rings is 2. The Morgan fingerprint density at radius 1 is 1.11 bits per heavy atom. The maximum Gasteiger partial charge on any atom is 0.233 e. The molecule has 1 aliphatic heterocycles. The quantitative estimate of drug-likeness (QED) is 0.763. The van der Waals surface area contributed by atoms with Gasteiger partial charge in [0.1, 0.15) is 12.4 Å². The van der Waals surface area contributed by atoms with Crippen molar-refractivity contribution in [1.82, 2.24) is 10.2 Å². The van der Waals surface area contributed by atoms with E-state index in [2.05, 4.69) is 5.32 Å². The summed E-state index contributed by atoms with van der Waals surface area (Å²) in [4.78, 5) is 15.2. The zero-order valence-electron chi connectivity index (χ0n) is 16.8. The number of likely N-dealkylation sites (N-methyl/N-ethyl adjacent to an activating group) is 2. The minimum absolute atomic E-state index is 0.170. The third-order valence-electron chi connectivity index (χ3n) is 5.45. The van der Waals surface area contributed by atoms with Gasteiger partial charge < -0.3 is 19.7 Å². The first kappa shape index (κ1) is 20.4. The largest absolute Gasteiger partial charge is 0.489 e. The molecule has 0 radical (unpaired) electrons. The zero-order chi connectivity index (χ0) is 19.8. The number of carbonyl (C=O) groups excluding carboxylic acids is 1. The lowest BCUT2D eigenvalue weighted by Gasteiger charge is -2.39. The highest BCUT2D eigenvalue weighted by molar-refractivity contribution is 5.88. The van der Waals surface area contributed by atoms with E-state index in [1.807, 2.05) is 73.6 Å². The van der Waals surface area contributed by atoms with Crippen molar-refractivity contribution >= 4 is 5.91 Å². The van der Waals surface area contributed by atoms with Crippen LogP contribution in [0, 0.1) is 0 Å². The molecule has 0 unspecified atom stereocenters. The first-order valence-electron chi connectivity index (χ1n) is 9.91. The van der Waals surface area contributed by atoms with Crippen LogP contribution < -0.4 is 10.1 Å². The number of amides is 1. The van der Waals surface area contributed by atoms with Gasteiger partial charge >= 0.3 is 0 Å². The molecule has 28 heavy (non-hydrogen) atoms. The summed E-state index contributed by atoms with van der Waals surface area (Å²) in [6, 6.07) is 18.1. The predicted octanol–water partition coefficient (Wildman–Crippen LogP) is 2.99. The number of nitrogens with zero attached hydrogens (tertiary/aromatic N) is 1. The van der Waals surface area contributed by atoms with Crippen LogP contribution in [0.5, 0.6) is 5.75 Å². The van der Waals surface area contributed by atoms with Crippen molar-refractivity contribution in [2.24, 2.45) is 0 Å². The molecule has 3 rings (SSSR count). The number of nitrogens with one attached hydrogen (secondary N) is 1. The van der Waals surface area contributed by atoms with E-state index in [9.17, 15) is 4.79 Å². The van der Waals surface area contributed by atoms with Crippen LogP contribution in [0.25, 0.3) is 0 Å². The number of rotatable bonds is 8. The highest BCUT2D eigenvalue weighted by Crippen LogP contribution is 2.37. The Kier molecular flexibility index (Phi) is 7.06. The molecule has 0 bridgehead atoms. The normalized spacial score (nSPS) is 15.8. The lowest BCUT2D eigenvalue weighted by Crippen LogP contribution is -2.49. The molecular formula is C23H30N2O3. The number of hydrogen-bond acceptors (Lipinski definition) is 4. The second-order valence-corrected chi connectivity index (χ2v) is 7.32. The Hall–Kier alpha value is -2.37. The van der Waals surface area contributed by atoms with Crippen LogP contribution in [0.1, 0.15) is 24.0 Å². The molecule has 5 heteroatoms. The van der Waals surface area contributed by atoms with E-state index < -0.39 is 5.41 Å². The molecule has 0 atom stereocenters. The third-order valence-corrected chi connectivity index (χ3v) is 5.45. The standard InChI is InChI=1S/C23H30N2O3/c1-24-14-15-25(2)22(26)23(12-16-27-17-13-23)20-8-10-21(11-9-20)28-18-19-6-4-3-5-7-19/h3-11,24H,12-18H2,1-2H3. The van der Waals surface area contributed by atoms with E-state index in [0.29, 0.717) is 39.2 Å². The summed E-state index contributed by atoms with van der Waals surface area (Å²) in [5.74, 6) is 0.981. The fraction of sp³-hybridized carbons (Fsp3) is 0.435. The van der Waals surface area contributed by atoms with Crippen LogP contribution in [0.4, 0.5) is 0 Å². The van der Waals surface area contributed by atoms with Gasteiger partial charge in [-0.1, -0.05) is 42.5 Å². The minimum Gasteiger partial charge on any atom is -0.489 e. The Morgan fingerprint density at radius 3 is 2.43 bits per heavy atom. The summed E-state index contributed by atoms with van der Waals surface area (Å²) >= 11 is 0. The van der Waals surface area contributed by atoms with Gasteiger partial charge in [0.05, 0.1) is 5.41 Å². The van der Waals surface area contributed by atoms with E-state index in [4.69, 9.17) is 9.47 Å². The maximum atomic E-state index is 13.3. The summed E-state index contributed by atoms with van der Waals surface area (Å²) in [6.07, 6.45) is 1.42. The van der Waals surface area contributed by atoms with Crippen molar-refractivity contribution in [3.63, 3.8) is 0 Å². The van der Waals surface area contributed by atoms with Gasteiger partial charge in [0.15, 0.2) is 0 Å². The van der Waals surface area contributed by atoms with Gasteiger partial charge in [0.2, 0.25) is 5.91 Å². The topological polar surface area (TPSA) is 50.8 Å². The first-order valence-corrected chi connectivity index (χ1v) is 9.91. The van der Waals surface area contributed by atoms with Crippen LogP contribution in [-0.4, -0.2) is 51.2 Å². The number of hydrogen-bond donors (Lipinski definition) is 1. The van der Waals surface area contributed by atoms with E-state index in [0.717, 1.165) is 23.4 Å². The van der Waals surface area contributed by atoms with E-state index in [-0.39, 0.29) is 5.91 Å². The fourth-order valence-corrected chi connectivity index (χ4v) is 3.70. The van der Waals surface area contributed by atoms with Crippen molar-refractivity contribution in [2.45, 2.75) is 24.9 Å². The van der Waals surface area contributed by atoms with Crippen LogP contribution in [0.15, 0.2) is 54.6 Å². The molecule has 1 aliphatic rings. The van der Waals surface area contributed by atoms with Crippen molar-refractivity contribution in [3.8, 4) is 5.75 Å². The molecule has 1 N–H and O–H groups in total. The highest BCUT2D eigenvalue weighted by Gasteiger charge is 2.43. The second kappa shape index (κ2) is 9.71. The minimum atomic E-state index is -0.515. The summed E-state index contributed by atoms with van der Waals surface area (Å²) < 4.78 is 11.5. The molecule has 1 saturated heterocycles. The van der Waals surface area contributed by atoms with Gasteiger partial charge in [-0.25, -0.2) is 0 Å². The Labute approximate surface area is 167 Å². The molecule has 5 nitrogen and oxygen atoms in total. The summed E-state index contributed by atoms with van der Waals surface area (Å²) in [5, 5.41) is 3.11. The number of carbonyl (C=O) groups is 1. The van der Waals surface area contributed by atoms with Crippen LogP contribution in [0.2, 0.25) is 0 Å². The SMILES string of the molecule is CNCCN(C)C(=O)C1(c2ccc(OCc3ccccc3)cc2)CCOCC1. The third kappa shape index (κ3) is 4.72. The zero-order valence-corrected chi connectivity index (χ0v) is 16.8. The van der Waals surface area contributed by atoms with E-state index in [1.54, 1.807) is 0 Å². The van der Waals surface area contributed by atoms with Gasteiger partial charge in [-0.3, -0.25) is 4.79 Å². The van der Waals surface area contributed by atoms with Gasteiger partial charge in [0, 0.05) is 33.4 Å². The Balaban J connectivity index is 1.74. The van der Waals surface area contributed by atoms with Crippen molar-refractivity contribution in [3.05, 3.63) is 65.7 Å². The molecule has 0 aromatic heterocycles. The van der Waals surface area contributed by atoms with Gasteiger partial charge in [-0.15, -0.1) is 0 Å². The maximum absolute atomic E-state index is 13.3. The summed E-state index contributed by atoms with van der Waals surface area (Å²) in [6.45, 7) is 3.22. The molecule has 0 saturated carbocycles. The fourth-order valence-electron chi connectivity index (χ4n) is 3.70. The monoisotopic (exact) mass is 382 g/mol. The van der Waals surface area contributed by atoms with E-state index in [1.165, 1.54) is 0 Å². The Morgan fingerprint density at radius 2 is 1.79 bits per heavy atom. The highest BCUT2D eigenvalue weighted by atomic mass is 16.5. The van der Waals surface area contributed by atoms with Crippen LogP contribution in [-0.2, 0) is 21.6 Å². The summed E-state index contributed by atoms with van der Waals surface area (Å²) in [7, 11) is 3.78. The average Bonchev–Trinajstić information content (AvgIpc) is 2.77. The molecule has 2 aromatic rings. The van der Waals surface area contributed by atoms with Crippen molar-refractivity contribution in [1.29, 1.82) is 0 Å². The second-order valence-electron chi connectivity index (χ2n) is 7.32. The molecule has 2 aromatic carbocycles. The number of ether oxygens (including phenoxy) is 2. The van der Waals surface area contributed by atoms with Gasteiger partial charge in [-0.05, 0) is 43.1 Å². The van der Waals surface area contributed by atoms with Gasteiger partial charge in [0.25, 0.3) is 0 Å². The average molecular weight is 383 g/mol. The molecule has 0 spiro atoms. The first-order chi connectivity index (χ1) is 13.7. The predicted molar refractivity (Wildman–Crippen MR) is 111 cm³/mol. The lowest BCUT2D eigenvalue weighted by molar-refractivity contribution is -0.140. The van der Waals surface area contributed by atoms with E-state index >= 15 is 0 Å². The molecule has 1 fully saturated rings. The Bertz CT molecular complexity index is 740. The summed E-state index contributed by atoms with van der Waals surface area (Å²) in [5.41, 5.74) is 1.66. The molecule has 0 aliphatic carbocycles.